The van der Waals surface area contributed by atoms with Gasteiger partial charge in [-0.3, -0.25) is 9.48 Å². The third-order valence-corrected chi connectivity index (χ3v) is 5.63. The molecule has 2 bridgehead atoms. The third-order valence-electron chi connectivity index (χ3n) is 5.63. The number of hydrogen-bond acceptors (Lipinski definition) is 4. The maximum absolute atomic E-state index is 11.1. The van der Waals surface area contributed by atoms with Gasteiger partial charge in [0, 0.05) is 24.8 Å². The summed E-state index contributed by atoms with van der Waals surface area (Å²) in [6.45, 7) is 2.63. The van der Waals surface area contributed by atoms with E-state index in [0.29, 0.717) is 13.2 Å². The number of esters is 1. The number of aromatic nitrogens is 2. The van der Waals surface area contributed by atoms with E-state index in [1.54, 1.807) is 0 Å². The molecule has 1 aromatic carbocycles. The molecule has 1 saturated carbocycles. The first-order valence-electron chi connectivity index (χ1n) is 8.22. The van der Waals surface area contributed by atoms with Gasteiger partial charge in [-0.1, -0.05) is 6.07 Å². The van der Waals surface area contributed by atoms with E-state index in [4.69, 9.17) is 9.47 Å². The molecule has 0 N–H and O–H groups in total. The lowest BCUT2D eigenvalue weighted by molar-refractivity contribution is -0.205. The Labute approximate surface area is 135 Å². The number of aryl methyl sites for hydroxylation is 1. The molecular formula is C18H22N2O3. The van der Waals surface area contributed by atoms with Crippen LogP contribution in [0.4, 0.5) is 0 Å². The first-order valence-corrected chi connectivity index (χ1v) is 8.22. The van der Waals surface area contributed by atoms with Crippen molar-refractivity contribution in [2.45, 2.75) is 38.2 Å². The molecule has 3 aliphatic rings. The number of carbonyl (C=O) groups excluding carboxylic acids is 1. The average Bonchev–Trinajstić information content (AvgIpc) is 2.96. The third kappa shape index (κ3) is 2.34. The molecule has 1 aliphatic carbocycles. The zero-order valence-corrected chi connectivity index (χ0v) is 13.7. The number of hydrogen-bond donors (Lipinski definition) is 0. The molecule has 3 heterocycles. The van der Waals surface area contributed by atoms with Gasteiger partial charge < -0.3 is 9.47 Å². The van der Waals surface area contributed by atoms with Crippen LogP contribution in [0.5, 0.6) is 0 Å². The van der Waals surface area contributed by atoms with E-state index >= 15 is 0 Å². The van der Waals surface area contributed by atoms with Gasteiger partial charge in [0.2, 0.25) is 0 Å². The van der Waals surface area contributed by atoms with Gasteiger partial charge in [-0.05, 0) is 43.4 Å². The number of benzene rings is 1. The van der Waals surface area contributed by atoms with E-state index in [1.807, 2.05) is 17.9 Å². The Morgan fingerprint density at radius 1 is 1.35 bits per heavy atom. The summed E-state index contributed by atoms with van der Waals surface area (Å²) in [4.78, 5) is 11.1. The second-order valence-electron chi connectivity index (χ2n) is 7.10. The first kappa shape index (κ1) is 14.7. The second-order valence-corrected chi connectivity index (χ2v) is 7.10. The van der Waals surface area contributed by atoms with Crippen molar-refractivity contribution in [1.82, 2.24) is 9.78 Å². The van der Waals surface area contributed by atoms with Gasteiger partial charge in [0.05, 0.1) is 30.5 Å². The van der Waals surface area contributed by atoms with Gasteiger partial charge in [0.15, 0.2) is 0 Å². The van der Waals surface area contributed by atoms with Crippen molar-refractivity contribution in [3.8, 4) is 0 Å². The molecule has 2 aliphatic heterocycles. The molecule has 5 nitrogen and oxygen atoms in total. The van der Waals surface area contributed by atoms with Crippen LogP contribution < -0.4 is 0 Å². The number of fused-ring (bicyclic) bond motifs is 4. The van der Waals surface area contributed by atoms with Crippen molar-refractivity contribution in [2.75, 3.05) is 13.2 Å². The Balaban J connectivity index is 1.57. The summed E-state index contributed by atoms with van der Waals surface area (Å²) in [5.74, 6) is -0.205. The number of rotatable bonds is 3. The molecule has 5 rings (SSSR count). The van der Waals surface area contributed by atoms with Crippen molar-refractivity contribution >= 4 is 16.9 Å². The molecule has 2 aromatic rings. The number of carbonyl (C=O) groups is 1. The maximum Gasteiger partial charge on any atom is 0.302 e. The molecule has 0 spiro atoms. The van der Waals surface area contributed by atoms with E-state index < -0.39 is 0 Å². The molecule has 5 heteroatoms. The fourth-order valence-corrected chi connectivity index (χ4v) is 4.02. The zero-order valence-electron chi connectivity index (χ0n) is 13.7. The van der Waals surface area contributed by atoms with Crippen molar-refractivity contribution in [1.29, 1.82) is 0 Å². The van der Waals surface area contributed by atoms with Crippen LogP contribution in [-0.4, -0.2) is 29.0 Å². The highest BCUT2D eigenvalue weighted by Gasteiger charge is 2.51. The normalized spacial score (nSPS) is 29.8. The minimum absolute atomic E-state index is 0.0197. The summed E-state index contributed by atoms with van der Waals surface area (Å²) < 4.78 is 13.5. The maximum atomic E-state index is 11.1. The SMILES string of the molecule is CC(=O)OCC12CCC(c3ccc4c(cnn4C)c3)(CC1)OC2. The summed E-state index contributed by atoms with van der Waals surface area (Å²) >= 11 is 0. The fraction of sp³-hybridized carbons (Fsp3) is 0.556. The Kier molecular flexibility index (Phi) is 3.23. The lowest BCUT2D eigenvalue weighted by atomic mass is 9.64. The van der Waals surface area contributed by atoms with Crippen LogP contribution in [0.2, 0.25) is 0 Å². The molecule has 1 aromatic heterocycles. The second kappa shape index (κ2) is 5.06. The van der Waals surface area contributed by atoms with Crippen LogP contribution in [0.25, 0.3) is 10.9 Å². The standard InChI is InChI=1S/C18H22N2O3/c1-13(21)22-11-17-5-7-18(8-6-17,23-12-17)15-3-4-16-14(9-15)10-19-20(16)2/h3-4,9-10H,5-8,11-12H2,1-2H3. The topological polar surface area (TPSA) is 53.3 Å². The molecule has 0 unspecified atom stereocenters. The summed E-state index contributed by atoms with van der Waals surface area (Å²) in [5, 5.41) is 5.48. The Morgan fingerprint density at radius 3 is 2.78 bits per heavy atom. The van der Waals surface area contributed by atoms with Crippen LogP contribution in [0.1, 0.15) is 38.2 Å². The fourth-order valence-electron chi connectivity index (χ4n) is 4.02. The molecule has 0 atom stereocenters. The van der Waals surface area contributed by atoms with Crippen LogP contribution in [0.15, 0.2) is 24.4 Å². The van der Waals surface area contributed by atoms with Gasteiger partial charge in [-0.15, -0.1) is 0 Å². The van der Waals surface area contributed by atoms with E-state index in [2.05, 4.69) is 23.3 Å². The van der Waals surface area contributed by atoms with Crippen molar-refractivity contribution in [3.63, 3.8) is 0 Å². The van der Waals surface area contributed by atoms with Crippen LogP contribution in [0, 0.1) is 5.41 Å². The summed E-state index contributed by atoms with van der Waals surface area (Å²) in [7, 11) is 1.96. The minimum atomic E-state index is -0.205. The zero-order chi connectivity index (χ0) is 16.1. The smallest absolute Gasteiger partial charge is 0.302 e. The predicted molar refractivity (Wildman–Crippen MR) is 85.9 cm³/mol. The lowest BCUT2D eigenvalue weighted by Crippen LogP contribution is -2.51. The highest BCUT2D eigenvalue weighted by atomic mass is 16.5. The molecule has 3 fully saturated rings. The molecule has 23 heavy (non-hydrogen) atoms. The summed E-state index contributed by atoms with van der Waals surface area (Å²) in [6, 6.07) is 6.52. The van der Waals surface area contributed by atoms with Crippen LogP contribution >= 0.6 is 0 Å². The van der Waals surface area contributed by atoms with Gasteiger partial charge in [-0.25, -0.2) is 0 Å². The molecule has 122 valence electrons. The van der Waals surface area contributed by atoms with Gasteiger partial charge >= 0.3 is 5.97 Å². The van der Waals surface area contributed by atoms with E-state index in [1.165, 1.54) is 12.5 Å². The van der Waals surface area contributed by atoms with Crippen molar-refractivity contribution in [3.05, 3.63) is 30.0 Å². The molecular weight excluding hydrogens is 292 g/mol. The van der Waals surface area contributed by atoms with E-state index in [9.17, 15) is 4.79 Å². The van der Waals surface area contributed by atoms with Gasteiger partial charge in [-0.2, -0.15) is 5.10 Å². The van der Waals surface area contributed by atoms with Crippen LogP contribution in [0.3, 0.4) is 0 Å². The Hall–Kier alpha value is -1.88. The monoisotopic (exact) mass is 314 g/mol. The quantitative estimate of drug-likeness (QED) is 0.817. The summed E-state index contributed by atoms with van der Waals surface area (Å²) in [6.07, 6.45) is 5.98. The van der Waals surface area contributed by atoms with Crippen molar-refractivity contribution in [2.24, 2.45) is 12.5 Å². The average molecular weight is 314 g/mol. The number of nitrogens with zero attached hydrogens (tertiary/aromatic N) is 2. The molecule has 2 saturated heterocycles. The minimum Gasteiger partial charge on any atom is -0.465 e. The largest absolute Gasteiger partial charge is 0.465 e. The van der Waals surface area contributed by atoms with E-state index in [0.717, 1.165) is 36.6 Å². The lowest BCUT2D eigenvalue weighted by Gasteiger charge is -2.53. The van der Waals surface area contributed by atoms with Crippen LogP contribution in [-0.2, 0) is 26.9 Å². The predicted octanol–water partition coefficient (Wildman–Crippen LogP) is 2.92. The first-order chi connectivity index (χ1) is 11.0. The molecule has 0 radical (unpaired) electrons. The summed E-state index contributed by atoms with van der Waals surface area (Å²) in [5.41, 5.74) is 2.23. The molecule has 0 amide bonds. The van der Waals surface area contributed by atoms with Gasteiger partial charge in [0.1, 0.15) is 0 Å². The van der Waals surface area contributed by atoms with Gasteiger partial charge in [0.25, 0.3) is 0 Å². The Bertz CT molecular complexity index is 740. The van der Waals surface area contributed by atoms with E-state index in [-0.39, 0.29) is 17.0 Å². The number of ether oxygens (including phenoxy) is 2. The van der Waals surface area contributed by atoms with Crippen molar-refractivity contribution < 1.29 is 14.3 Å². The highest BCUT2D eigenvalue weighted by Crippen LogP contribution is 2.53. The Morgan fingerprint density at radius 2 is 2.13 bits per heavy atom. The highest BCUT2D eigenvalue weighted by molar-refractivity contribution is 5.79.